The van der Waals surface area contributed by atoms with Gasteiger partial charge in [-0.25, -0.2) is 4.98 Å². The SMILES string of the molecule is CSc1nc(C2CC2)cc(C(=O)NCC2(c3ccccc3)CC2)c1C#N. The van der Waals surface area contributed by atoms with Crippen molar-refractivity contribution in [2.24, 2.45) is 0 Å². The fraction of sp³-hybridized carbons (Fsp3) is 0.381. The lowest BCUT2D eigenvalue weighted by Crippen LogP contribution is -2.33. The van der Waals surface area contributed by atoms with Gasteiger partial charge in [0.2, 0.25) is 0 Å². The molecule has 132 valence electrons. The lowest BCUT2D eigenvalue weighted by Gasteiger charge is -2.17. The Kier molecular flexibility index (Phi) is 4.46. The molecule has 1 N–H and O–H groups in total. The third-order valence-electron chi connectivity index (χ3n) is 5.38. The standard InChI is InChI=1S/C21H21N3OS/c1-26-20-17(12-22)16(11-18(24-20)14-7-8-14)19(25)23-13-21(9-10-21)15-5-3-2-4-6-15/h2-6,11,14H,7-10,13H2,1H3,(H,23,25). The van der Waals surface area contributed by atoms with Crippen molar-refractivity contribution in [3.05, 3.63) is 58.8 Å². The zero-order chi connectivity index (χ0) is 18.1. The van der Waals surface area contributed by atoms with E-state index in [4.69, 9.17) is 0 Å². The molecular formula is C21H21N3OS. The second kappa shape index (κ2) is 6.77. The highest BCUT2D eigenvalue weighted by Crippen LogP contribution is 2.47. The van der Waals surface area contributed by atoms with E-state index in [9.17, 15) is 10.1 Å². The molecule has 2 aliphatic carbocycles. The molecule has 4 nitrogen and oxygen atoms in total. The van der Waals surface area contributed by atoms with Gasteiger partial charge < -0.3 is 5.32 Å². The molecule has 0 radical (unpaired) electrons. The number of amides is 1. The van der Waals surface area contributed by atoms with E-state index in [-0.39, 0.29) is 11.3 Å². The average molecular weight is 363 g/mol. The van der Waals surface area contributed by atoms with Crippen molar-refractivity contribution in [1.29, 1.82) is 5.26 Å². The van der Waals surface area contributed by atoms with Gasteiger partial charge in [-0.15, -0.1) is 11.8 Å². The van der Waals surface area contributed by atoms with Crippen LogP contribution in [0.3, 0.4) is 0 Å². The number of hydrogen-bond donors (Lipinski definition) is 1. The van der Waals surface area contributed by atoms with E-state index in [0.29, 0.717) is 28.6 Å². The summed E-state index contributed by atoms with van der Waals surface area (Å²) in [5, 5.41) is 13.3. The van der Waals surface area contributed by atoms with Crippen molar-refractivity contribution in [1.82, 2.24) is 10.3 Å². The highest BCUT2D eigenvalue weighted by atomic mass is 32.2. The molecule has 1 aromatic carbocycles. The average Bonchev–Trinajstić information content (AvgIpc) is 3.59. The van der Waals surface area contributed by atoms with Crippen molar-refractivity contribution >= 4 is 17.7 Å². The number of rotatable bonds is 6. The summed E-state index contributed by atoms with van der Waals surface area (Å²) in [5.41, 5.74) is 3.14. The van der Waals surface area contributed by atoms with Crippen LogP contribution in [0.4, 0.5) is 0 Å². The summed E-state index contributed by atoms with van der Waals surface area (Å²) in [6.45, 7) is 0.608. The Morgan fingerprint density at radius 2 is 2.08 bits per heavy atom. The van der Waals surface area contributed by atoms with Gasteiger partial charge in [0, 0.05) is 23.6 Å². The molecule has 2 aromatic rings. The van der Waals surface area contributed by atoms with Gasteiger partial charge in [0.15, 0.2) is 0 Å². The molecule has 0 bridgehead atoms. The molecule has 5 heteroatoms. The number of pyridine rings is 1. The highest BCUT2D eigenvalue weighted by Gasteiger charge is 2.44. The van der Waals surface area contributed by atoms with E-state index < -0.39 is 0 Å². The van der Waals surface area contributed by atoms with Gasteiger partial charge in [-0.05, 0) is 43.6 Å². The number of hydrogen-bond acceptors (Lipinski definition) is 4. The van der Waals surface area contributed by atoms with Crippen molar-refractivity contribution in [3.63, 3.8) is 0 Å². The molecule has 0 saturated heterocycles. The van der Waals surface area contributed by atoms with E-state index in [1.807, 2.05) is 30.5 Å². The number of benzene rings is 1. The Morgan fingerprint density at radius 1 is 1.35 bits per heavy atom. The number of nitrogens with zero attached hydrogens (tertiary/aromatic N) is 2. The summed E-state index contributed by atoms with van der Waals surface area (Å²) in [4.78, 5) is 17.5. The number of carbonyl (C=O) groups is 1. The molecule has 0 atom stereocenters. The molecule has 4 rings (SSSR count). The van der Waals surface area contributed by atoms with Crippen LogP contribution >= 0.6 is 11.8 Å². The molecule has 2 aliphatic rings. The van der Waals surface area contributed by atoms with Crippen LogP contribution in [0.15, 0.2) is 41.4 Å². The zero-order valence-electron chi connectivity index (χ0n) is 14.8. The molecule has 0 aliphatic heterocycles. The molecule has 1 heterocycles. The molecule has 2 fully saturated rings. The van der Waals surface area contributed by atoms with Crippen LogP contribution in [-0.2, 0) is 5.41 Å². The number of nitriles is 1. The van der Waals surface area contributed by atoms with Crippen LogP contribution in [0.1, 0.15) is 58.8 Å². The van der Waals surface area contributed by atoms with Crippen molar-refractivity contribution in [3.8, 4) is 6.07 Å². The summed E-state index contributed by atoms with van der Waals surface area (Å²) in [6.07, 6.45) is 6.30. The Labute approximate surface area is 158 Å². The molecule has 2 saturated carbocycles. The third-order valence-corrected chi connectivity index (χ3v) is 6.06. The maximum atomic E-state index is 12.9. The van der Waals surface area contributed by atoms with Crippen LogP contribution < -0.4 is 5.32 Å². The molecule has 0 spiro atoms. The Bertz CT molecular complexity index is 880. The normalized spacial score (nSPS) is 17.4. The van der Waals surface area contributed by atoms with Crippen LogP contribution in [-0.4, -0.2) is 23.7 Å². The lowest BCUT2D eigenvalue weighted by atomic mass is 9.96. The van der Waals surface area contributed by atoms with Crippen molar-refractivity contribution < 1.29 is 4.79 Å². The van der Waals surface area contributed by atoms with Crippen molar-refractivity contribution in [2.45, 2.75) is 42.0 Å². The Morgan fingerprint density at radius 3 is 2.65 bits per heavy atom. The lowest BCUT2D eigenvalue weighted by molar-refractivity contribution is 0.0949. The zero-order valence-corrected chi connectivity index (χ0v) is 15.6. The van der Waals surface area contributed by atoms with E-state index in [1.165, 1.54) is 17.3 Å². The minimum Gasteiger partial charge on any atom is -0.351 e. The molecule has 1 aromatic heterocycles. The molecule has 1 amide bonds. The van der Waals surface area contributed by atoms with Gasteiger partial charge in [0.25, 0.3) is 5.91 Å². The summed E-state index contributed by atoms with van der Waals surface area (Å²) in [7, 11) is 0. The molecule has 0 unspecified atom stereocenters. The second-order valence-corrected chi connectivity index (χ2v) is 7.99. The van der Waals surface area contributed by atoms with Gasteiger partial charge in [-0.3, -0.25) is 4.79 Å². The topological polar surface area (TPSA) is 65.8 Å². The summed E-state index contributed by atoms with van der Waals surface area (Å²) < 4.78 is 0. The van der Waals surface area contributed by atoms with Crippen LogP contribution in [0, 0.1) is 11.3 Å². The highest BCUT2D eigenvalue weighted by molar-refractivity contribution is 7.98. The van der Waals surface area contributed by atoms with E-state index in [2.05, 4.69) is 28.5 Å². The largest absolute Gasteiger partial charge is 0.351 e. The number of nitrogens with one attached hydrogen (secondary N) is 1. The van der Waals surface area contributed by atoms with Crippen LogP contribution in [0.2, 0.25) is 0 Å². The third kappa shape index (κ3) is 3.22. The van der Waals surface area contributed by atoms with E-state index >= 15 is 0 Å². The van der Waals surface area contributed by atoms with E-state index in [1.54, 1.807) is 0 Å². The quantitative estimate of drug-likeness (QED) is 0.788. The summed E-state index contributed by atoms with van der Waals surface area (Å²) in [5.74, 6) is 0.280. The van der Waals surface area contributed by atoms with Gasteiger partial charge in [0.05, 0.1) is 11.1 Å². The maximum absolute atomic E-state index is 12.9. The van der Waals surface area contributed by atoms with Crippen LogP contribution in [0.5, 0.6) is 0 Å². The minimum absolute atomic E-state index is 0.0540. The maximum Gasteiger partial charge on any atom is 0.252 e. The van der Waals surface area contributed by atoms with Gasteiger partial charge in [0.1, 0.15) is 11.1 Å². The van der Waals surface area contributed by atoms with Gasteiger partial charge >= 0.3 is 0 Å². The number of carbonyl (C=O) groups excluding carboxylic acids is 1. The first-order valence-corrected chi connectivity index (χ1v) is 10.2. The first-order chi connectivity index (χ1) is 12.7. The smallest absolute Gasteiger partial charge is 0.252 e. The first-order valence-electron chi connectivity index (χ1n) is 8.99. The number of thioether (sulfide) groups is 1. The molecular weight excluding hydrogens is 342 g/mol. The molecule has 26 heavy (non-hydrogen) atoms. The van der Waals surface area contributed by atoms with E-state index in [0.717, 1.165) is 31.4 Å². The Hall–Kier alpha value is -2.32. The summed E-state index contributed by atoms with van der Waals surface area (Å²) in [6, 6.07) is 14.4. The van der Waals surface area contributed by atoms with Gasteiger partial charge in [-0.2, -0.15) is 5.26 Å². The predicted molar refractivity (Wildman–Crippen MR) is 102 cm³/mol. The first kappa shape index (κ1) is 17.1. The monoisotopic (exact) mass is 363 g/mol. The Balaban J connectivity index is 1.57. The fourth-order valence-electron chi connectivity index (χ4n) is 3.42. The summed E-state index contributed by atoms with van der Waals surface area (Å²) >= 11 is 1.43. The minimum atomic E-state index is -0.164. The number of aromatic nitrogens is 1. The van der Waals surface area contributed by atoms with Gasteiger partial charge in [-0.1, -0.05) is 30.3 Å². The van der Waals surface area contributed by atoms with Crippen LogP contribution in [0.25, 0.3) is 0 Å². The fourth-order valence-corrected chi connectivity index (χ4v) is 3.97. The predicted octanol–water partition coefficient (Wildman–Crippen LogP) is 4.01. The second-order valence-electron chi connectivity index (χ2n) is 7.19. The van der Waals surface area contributed by atoms with Crippen molar-refractivity contribution in [2.75, 3.05) is 12.8 Å².